The van der Waals surface area contributed by atoms with E-state index in [0.29, 0.717) is 13.1 Å². The smallest absolute Gasteiger partial charge is 0.251 e. The maximum Gasteiger partial charge on any atom is 0.251 e. The van der Waals surface area contributed by atoms with Crippen molar-refractivity contribution in [1.29, 1.82) is 0 Å². The van der Waals surface area contributed by atoms with Crippen LogP contribution in [-0.4, -0.2) is 5.91 Å². The molecule has 3 N–H and O–H groups in total. The van der Waals surface area contributed by atoms with E-state index in [0.717, 1.165) is 23.3 Å². The van der Waals surface area contributed by atoms with Crippen molar-refractivity contribution in [3.05, 3.63) is 70.8 Å². The normalized spacial score (nSPS) is 10.3. The van der Waals surface area contributed by atoms with Gasteiger partial charge < -0.3 is 11.1 Å². The molecular formula is C15H14F2N2O. The molecule has 0 heterocycles. The lowest BCUT2D eigenvalue weighted by atomic mass is 10.1. The van der Waals surface area contributed by atoms with Gasteiger partial charge in [-0.3, -0.25) is 4.79 Å². The zero-order valence-electron chi connectivity index (χ0n) is 10.7. The van der Waals surface area contributed by atoms with Gasteiger partial charge in [-0.1, -0.05) is 24.3 Å². The van der Waals surface area contributed by atoms with E-state index in [1.54, 1.807) is 0 Å². The zero-order valence-corrected chi connectivity index (χ0v) is 10.7. The first kappa shape index (κ1) is 14.1. The molecule has 0 fully saturated rings. The molecule has 0 unspecified atom stereocenters. The van der Waals surface area contributed by atoms with E-state index in [2.05, 4.69) is 5.32 Å². The van der Waals surface area contributed by atoms with Gasteiger partial charge in [0.25, 0.3) is 5.91 Å². The van der Waals surface area contributed by atoms with Crippen molar-refractivity contribution in [1.82, 2.24) is 5.32 Å². The summed E-state index contributed by atoms with van der Waals surface area (Å²) in [5.41, 5.74) is 7.48. The number of carbonyl (C=O) groups is 1. The molecule has 0 bridgehead atoms. The molecule has 104 valence electrons. The summed E-state index contributed by atoms with van der Waals surface area (Å²) < 4.78 is 25.8. The molecule has 0 aliphatic rings. The summed E-state index contributed by atoms with van der Waals surface area (Å²) in [4.78, 5) is 11.8. The van der Waals surface area contributed by atoms with Crippen molar-refractivity contribution in [3.8, 4) is 0 Å². The van der Waals surface area contributed by atoms with Crippen LogP contribution in [0.5, 0.6) is 0 Å². The van der Waals surface area contributed by atoms with Crippen molar-refractivity contribution >= 4 is 5.91 Å². The molecule has 0 aromatic heterocycles. The number of nitrogens with two attached hydrogens (primary N) is 1. The van der Waals surface area contributed by atoms with E-state index in [4.69, 9.17) is 5.73 Å². The lowest BCUT2D eigenvalue weighted by Crippen LogP contribution is -2.23. The Balaban J connectivity index is 1.98. The number of carbonyl (C=O) groups excluding carboxylic acids is 1. The minimum atomic E-state index is -1.04. The van der Waals surface area contributed by atoms with Gasteiger partial charge in [-0.15, -0.1) is 0 Å². The largest absolute Gasteiger partial charge is 0.348 e. The summed E-state index contributed by atoms with van der Waals surface area (Å²) in [5, 5.41) is 2.64. The number of hydrogen-bond donors (Lipinski definition) is 2. The molecule has 5 heteroatoms. The number of rotatable bonds is 4. The molecule has 0 atom stereocenters. The van der Waals surface area contributed by atoms with Crippen molar-refractivity contribution in [2.24, 2.45) is 5.73 Å². The first-order valence-electron chi connectivity index (χ1n) is 6.11. The molecule has 0 saturated carbocycles. The second-order valence-corrected chi connectivity index (χ2v) is 4.33. The molecule has 20 heavy (non-hydrogen) atoms. The van der Waals surface area contributed by atoms with Crippen LogP contribution in [0.1, 0.15) is 21.5 Å². The lowest BCUT2D eigenvalue weighted by Gasteiger charge is -2.06. The van der Waals surface area contributed by atoms with E-state index in [-0.39, 0.29) is 5.56 Å². The van der Waals surface area contributed by atoms with Crippen LogP contribution in [0.4, 0.5) is 8.78 Å². The lowest BCUT2D eigenvalue weighted by molar-refractivity contribution is 0.0950. The topological polar surface area (TPSA) is 55.1 Å². The van der Waals surface area contributed by atoms with E-state index < -0.39 is 17.5 Å². The van der Waals surface area contributed by atoms with Crippen LogP contribution >= 0.6 is 0 Å². The average molecular weight is 276 g/mol. The zero-order chi connectivity index (χ0) is 14.5. The Morgan fingerprint density at radius 3 is 2.25 bits per heavy atom. The van der Waals surface area contributed by atoms with Crippen LogP contribution in [0.3, 0.4) is 0 Å². The maximum absolute atomic E-state index is 13.0. The molecular weight excluding hydrogens is 262 g/mol. The van der Waals surface area contributed by atoms with Crippen LogP contribution in [0, 0.1) is 11.6 Å². The van der Waals surface area contributed by atoms with Gasteiger partial charge >= 0.3 is 0 Å². The second kappa shape index (κ2) is 6.25. The highest BCUT2D eigenvalue weighted by atomic mass is 19.2. The summed E-state index contributed by atoms with van der Waals surface area (Å²) in [6, 6.07) is 10.5. The molecule has 2 aromatic carbocycles. The molecule has 0 saturated heterocycles. The third-order valence-electron chi connectivity index (χ3n) is 2.89. The first-order chi connectivity index (χ1) is 9.60. The van der Waals surface area contributed by atoms with Gasteiger partial charge in [-0.05, 0) is 29.3 Å². The highest BCUT2D eigenvalue weighted by Gasteiger charge is 2.09. The summed E-state index contributed by atoms with van der Waals surface area (Å²) in [7, 11) is 0. The fraction of sp³-hybridized carbons (Fsp3) is 0.133. The Labute approximate surface area is 115 Å². The van der Waals surface area contributed by atoms with Gasteiger partial charge in [-0.2, -0.15) is 0 Å². The predicted molar refractivity (Wildman–Crippen MR) is 71.9 cm³/mol. The quantitative estimate of drug-likeness (QED) is 0.900. The van der Waals surface area contributed by atoms with Gasteiger partial charge in [0.15, 0.2) is 11.6 Å². The Morgan fingerprint density at radius 1 is 1.00 bits per heavy atom. The molecule has 0 aliphatic carbocycles. The summed E-state index contributed by atoms with van der Waals surface area (Å²) in [6.07, 6.45) is 0. The summed E-state index contributed by atoms with van der Waals surface area (Å²) in [5.74, 6) is -2.46. The first-order valence-corrected chi connectivity index (χ1v) is 6.11. The highest BCUT2D eigenvalue weighted by Crippen LogP contribution is 2.09. The molecule has 3 nitrogen and oxygen atoms in total. The van der Waals surface area contributed by atoms with Gasteiger partial charge in [0.1, 0.15) is 0 Å². The Hall–Kier alpha value is -2.27. The second-order valence-electron chi connectivity index (χ2n) is 4.33. The Morgan fingerprint density at radius 2 is 1.65 bits per heavy atom. The van der Waals surface area contributed by atoms with Gasteiger partial charge in [-0.25, -0.2) is 8.78 Å². The molecule has 1 amide bonds. The predicted octanol–water partition coefficient (Wildman–Crippen LogP) is 2.35. The highest BCUT2D eigenvalue weighted by molar-refractivity contribution is 5.94. The van der Waals surface area contributed by atoms with Crippen LogP contribution in [0.25, 0.3) is 0 Å². The van der Waals surface area contributed by atoms with E-state index in [1.807, 2.05) is 24.3 Å². The van der Waals surface area contributed by atoms with Crippen LogP contribution < -0.4 is 11.1 Å². The van der Waals surface area contributed by atoms with Crippen molar-refractivity contribution < 1.29 is 13.6 Å². The average Bonchev–Trinajstić information content (AvgIpc) is 2.48. The molecule has 2 aromatic rings. The monoisotopic (exact) mass is 276 g/mol. The Kier molecular flexibility index (Phi) is 4.42. The molecule has 0 radical (unpaired) electrons. The third kappa shape index (κ3) is 3.39. The van der Waals surface area contributed by atoms with Crippen molar-refractivity contribution in [2.45, 2.75) is 13.1 Å². The fourth-order valence-electron chi connectivity index (χ4n) is 1.71. The SMILES string of the molecule is NCc1ccc(CNC(=O)c2ccc(F)c(F)c2)cc1. The van der Waals surface area contributed by atoms with Crippen molar-refractivity contribution in [2.75, 3.05) is 0 Å². The van der Waals surface area contributed by atoms with Crippen LogP contribution in [-0.2, 0) is 13.1 Å². The Bertz CT molecular complexity index is 612. The van der Waals surface area contributed by atoms with Gasteiger partial charge in [0, 0.05) is 18.7 Å². The standard InChI is InChI=1S/C15H14F2N2O/c16-13-6-5-12(7-14(13)17)15(20)19-9-11-3-1-10(8-18)2-4-11/h1-7H,8-9,18H2,(H,19,20). The van der Waals surface area contributed by atoms with E-state index in [1.165, 1.54) is 6.07 Å². The minimum Gasteiger partial charge on any atom is -0.348 e. The van der Waals surface area contributed by atoms with E-state index in [9.17, 15) is 13.6 Å². The maximum atomic E-state index is 13.0. The minimum absolute atomic E-state index is 0.0856. The third-order valence-corrected chi connectivity index (χ3v) is 2.89. The van der Waals surface area contributed by atoms with Crippen LogP contribution in [0.15, 0.2) is 42.5 Å². The number of benzene rings is 2. The van der Waals surface area contributed by atoms with E-state index >= 15 is 0 Å². The number of amides is 1. The van der Waals surface area contributed by atoms with Gasteiger partial charge in [0.2, 0.25) is 0 Å². The van der Waals surface area contributed by atoms with Gasteiger partial charge in [0.05, 0.1) is 0 Å². The fourth-order valence-corrected chi connectivity index (χ4v) is 1.71. The summed E-state index contributed by atoms with van der Waals surface area (Å²) in [6.45, 7) is 0.768. The van der Waals surface area contributed by atoms with Crippen LogP contribution in [0.2, 0.25) is 0 Å². The number of nitrogens with one attached hydrogen (secondary N) is 1. The van der Waals surface area contributed by atoms with Crippen molar-refractivity contribution in [3.63, 3.8) is 0 Å². The number of hydrogen-bond acceptors (Lipinski definition) is 2. The molecule has 0 aliphatic heterocycles. The number of halogens is 2. The molecule has 2 rings (SSSR count). The summed E-state index contributed by atoms with van der Waals surface area (Å²) >= 11 is 0. The molecule has 0 spiro atoms.